The third-order valence-corrected chi connectivity index (χ3v) is 6.61. The predicted molar refractivity (Wildman–Crippen MR) is 144 cm³/mol. The van der Waals surface area contributed by atoms with E-state index in [0.29, 0.717) is 50.3 Å². The fraction of sp³-hybridized carbons (Fsp3) is 0.267. The van der Waals surface area contributed by atoms with Crippen LogP contribution in [0.4, 0.5) is 0 Å². The lowest BCUT2D eigenvalue weighted by atomic mass is 9.97. The van der Waals surface area contributed by atoms with Crippen molar-refractivity contribution in [3.05, 3.63) is 98.2 Å². The highest BCUT2D eigenvalue weighted by molar-refractivity contribution is 5.94. The fourth-order valence-corrected chi connectivity index (χ4v) is 4.90. The van der Waals surface area contributed by atoms with Crippen molar-refractivity contribution in [2.75, 3.05) is 14.2 Å². The number of hydrogen-bond acceptors (Lipinski definition) is 8. The van der Waals surface area contributed by atoms with Gasteiger partial charge in [0.1, 0.15) is 34.9 Å². The maximum Gasteiger partial charge on any atom is 0.336 e. The molecule has 0 saturated carbocycles. The average Bonchev–Trinajstić information content (AvgIpc) is 3.32. The van der Waals surface area contributed by atoms with E-state index in [1.807, 2.05) is 39.0 Å². The highest BCUT2D eigenvalue weighted by atomic mass is 16.7. The Hall–Kier alpha value is -4.14. The number of allylic oxidation sites excluding steroid dienone is 1. The molecule has 2 aromatic heterocycles. The number of hydrogen-bond donors (Lipinski definition) is 0. The zero-order chi connectivity index (χ0) is 27.1. The second-order valence-electron chi connectivity index (χ2n) is 9.38. The summed E-state index contributed by atoms with van der Waals surface area (Å²) in [6.45, 7) is 9.82. The van der Waals surface area contributed by atoms with E-state index >= 15 is 0 Å². The Bertz CT molecular complexity index is 1700. The Morgan fingerprint density at radius 2 is 1.32 bits per heavy atom. The summed E-state index contributed by atoms with van der Waals surface area (Å²) in [6, 6.07) is 13.4. The molecule has 196 valence electrons. The average molecular weight is 517 g/mol. The van der Waals surface area contributed by atoms with Crippen LogP contribution in [0.1, 0.15) is 38.0 Å². The monoisotopic (exact) mass is 516 g/mol. The molecule has 0 spiro atoms. The highest BCUT2D eigenvalue weighted by Crippen LogP contribution is 2.48. The second-order valence-corrected chi connectivity index (χ2v) is 9.38. The van der Waals surface area contributed by atoms with Crippen LogP contribution in [-0.2, 0) is 9.47 Å². The Morgan fingerprint density at radius 1 is 0.763 bits per heavy atom. The van der Waals surface area contributed by atoms with Gasteiger partial charge in [0.2, 0.25) is 0 Å². The molecular weight excluding hydrogens is 488 g/mol. The predicted octanol–water partition coefficient (Wildman–Crippen LogP) is 5.77. The molecule has 5 rings (SSSR count). The fourth-order valence-electron chi connectivity index (χ4n) is 4.90. The van der Waals surface area contributed by atoms with Crippen LogP contribution in [0.25, 0.3) is 27.5 Å². The molecule has 0 aliphatic carbocycles. The molecule has 1 saturated heterocycles. The van der Waals surface area contributed by atoms with E-state index < -0.39 is 29.7 Å². The lowest BCUT2D eigenvalue weighted by molar-refractivity contribution is -0.0180. The lowest BCUT2D eigenvalue weighted by Crippen LogP contribution is -2.18. The van der Waals surface area contributed by atoms with E-state index in [1.165, 1.54) is 12.1 Å². The minimum Gasteiger partial charge on any atom is -0.496 e. The van der Waals surface area contributed by atoms with E-state index in [1.54, 1.807) is 32.4 Å². The molecule has 4 aromatic rings. The third kappa shape index (κ3) is 4.31. The number of fused-ring (bicyclic) bond motifs is 2. The van der Waals surface area contributed by atoms with Crippen molar-refractivity contribution < 1.29 is 27.8 Å². The van der Waals surface area contributed by atoms with Crippen molar-refractivity contribution in [3.8, 4) is 11.5 Å². The van der Waals surface area contributed by atoms with Crippen LogP contribution in [0.2, 0.25) is 0 Å². The zero-order valence-electron chi connectivity index (χ0n) is 21.8. The number of ether oxygens (including phenoxy) is 4. The van der Waals surface area contributed by atoms with Gasteiger partial charge in [-0.3, -0.25) is 0 Å². The van der Waals surface area contributed by atoms with Crippen LogP contribution in [0.15, 0.2) is 84.7 Å². The summed E-state index contributed by atoms with van der Waals surface area (Å²) in [5.74, 6) is 0.985. The van der Waals surface area contributed by atoms with Crippen LogP contribution < -0.4 is 20.7 Å². The summed E-state index contributed by atoms with van der Waals surface area (Å²) < 4.78 is 35.7. The topological polar surface area (TPSA) is 97.3 Å². The first kappa shape index (κ1) is 25.5. The minimum absolute atomic E-state index is 0.352. The Kier molecular flexibility index (Phi) is 6.69. The molecule has 0 N–H and O–H groups in total. The molecule has 0 radical (unpaired) electrons. The highest BCUT2D eigenvalue weighted by Gasteiger charge is 2.43. The van der Waals surface area contributed by atoms with Crippen molar-refractivity contribution >= 4 is 27.5 Å². The molecule has 1 aliphatic heterocycles. The van der Waals surface area contributed by atoms with Gasteiger partial charge in [-0.05, 0) is 62.7 Å². The van der Waals surface area contributed by atoms with Crippen LogP contribution in [0.5, 0.6) is 11.5 Å². The lowest BCUT2D eigenvalue weighted by Gasteiger charge is -2.21. The molecule has 0 unspecified atom stereocenters. The number of methoxy groups -OCH3 is 2. The minimum atomic E-state index is -0.896. The van der Waals surface area contributed by atoms with Gasteiger partial charge >= 0.3 is 11.3 Å². The van der Waals surface area contributed by atoms with Gasteiger partial charge in [-0.2, -0.15) is 0 Å². The van der Waals surface area contributed by atoms with E-state index in [9.17, 15) is 9.59 Å². The molecule has 3 heterocycles. The molecular formula is C30H28O8. The molecule has 0 bridgehead atoms. The first-order valence-corrected chi connectivity index (χ1v) is 12.1. The Morgan fingerprint density at radius 3 is 1.89 bits per heavy atom. The summed E-state index contributed by atoms with van der Waals surface area (Å²) >= 11 is 0. The molecule has 0 amide bonds. The van der Waals surface area contributed by atoms with Gasteiger partial charge in [0, 0.05) is 28.5 Å². The summed E-state index contributed by atoms with van der Waals surface area (Å²) in [4.78, 5) is 24.4. The molecule has 1 aliphatic rings. The summed E-state index contributed by atoms with van der Waals surface area (Å²) in [5, 5.41) is 1.44. The van der Waals surface area contributed by atoms with E-state index in [-0.39, 0.29) is 0 Å². The summed E-state index contributed by atoms with van der Waals surface area (Å²) in [7, 11) is 3.09. The van der Waals surface area contributed by atoms with Gasteiger partial charge in [-0.1, -0.05) is 12.2 Å². The molecule has 38 heavy (non-hydrogen) atoms. The molecule has 2 aromatic carbocycles. The maximum absolute atomic E-state index is 12.2. The first-order chi connectivity index (χ1) is 18.2. The van der Waals surface area contributed by atoms with Crippen LogP contribution >= 0.6 is 0 Å². The van der Waals surface area contributed by atoms with Gasteiger partial charge in [-0.25, -0.2) is 9.59 Å². The smallest absolute Gasteiger partial charge is 0.336 e. The van der Waals surface area contributed by atoms with E-state index in [0.717, 1.165) is 11.0 Å². The quantitative estimate of drug-likeness (QED) is 0.235. The van der Waals surface area contributed by atoms with Crippen LogP contribution in [-0.4, -0.2) is 26.6 Å². The van der Waals surface area contributed by atoms with Crippen molar-refractivity contribution in [2.24, 2.45) is 0 Å². The van der Waals surface area contributed by atoms with E-state index in [4.69, 9.17) is 27.8 Å². The Balaban J connectivity index is 1.71. The standard InChI is InChI=1S/C30H28O8/c1-15(2)23(24-19(33-5)11-7-17-9-13-21(31)35-27(17)24)30-37-26(16(3)4)29(38-30)25-20(34-6)12-8-18-10-14-22(32)36-28(18)25/h7-14,26,29-30H,3H2,1-2,4-6H3/t26-,29+,30-/m0/s1. The van der Waals surface area contributed by atoms with Crippen molar-refractivity contribution in [2.45, 2.75) is 39.3 Å². The largest absolute Gasteiger partial charge is 0.496 e. The van der Waals surface area contributed by atoms with Gasteiger partial charge in [0.05, 0.1) is 25.3 Å². The van der Waals surface area contributed by atoms with Crippen molar-refractivity contribution in [1.82, 2.24) is 0 Å². The van der Waals surface area contributed by atoms with Crippen molar-refractivity contribution in [3.63, 3.8) is 0 Å². The third-order valence-electron chi connectivity index (χ3n) is 6.61. The normalized spacial score (nSPS) is 19.0. The van der Waals surface area contributed by atoms with Crippen LogP contribution in [0.3, 0.4) is 0 Å². The number of rotatable bonds is 6. The molecule has 8 nitrogen and oxygen atoms in total. The van der Waals surface area contributed by atoms with Gasteiger partial charge in [-0.15, -0.1) is 0 Å². The van der Waals surface area contributed by atoms with Gasteiger partial charge in [0.25, 0.3) is 0 Å². The summed E-state index contributed by atoms with van der Waals surface area (Å²) in [5.41, 5.74) is 3.07. The zero-order valence-corrected chi connectivity index (χ0v) is 21.8. The maximum atomic E-state index is 12.2. The van der Waals surface area contributed by atoms with Gasteiger partial charge < -0.3 is 27.8 Å². The second kappa shape index (κ2) is 9.96. The molecule has 3 atom stereocenters. The van der Waals surface area contributed by atoms with Crippen LogP contribution in [0, 0.1) is 0 Å². The molecule has 8 heteroatoms. The Labute approximate surface area is 218 Å². The molecule has 1 fully saturated rings. The van der Waals surface area contributed by atoms with Crippen molar-refractivity contribution in [1.29, 1.82) is 0 Å². The SMILES string of the molecule is C=C(C)[C@@H]1O[C@H](C(=C(C)C)c2c(OC)ccc3ccc(=O)oc23)O[C@@H]1c1c(OC)ccc2ccc(=O)oc12. The number of benzene rings is 2. The first-order valence-electron chi connectivity index (χ1n) is 12.1. The van der Waals surface area contributed by atoms with E-state index in [2.05, 4.69) is 6.58 Å². The summed E-state index contributed by atoms with van der Waals surface area (Å²) in [6.07, 6.45) is -2.22. The van der Waals surface area contributed by atoms with Gasteiger partial charge in [0.15, 0.2) is 6.29 Å².